The maximum Gasteiger partial charge on any atom is 0.255 e. The molecule has 3 aromatic carbocycles. The van der Waals surface area contributed by atoms with Crippen molar-refractivity contribution in [1.82, 2.24) is 9.78 Å². The molecule has 1 aliphatic heterocycles. The van der Waals surface area contributed by atoms with Gasteiger partial charge in [-0.05, 0) is 36.8 Å². The van der Waals surface area contributed by atoms with Crippen molar-refractivity contribution in [2.24, 2.45) is 5.73 Å². The van der Waals surface area contributed by atoms with Crippen LogP contribution in [0.5, 0.6) is 5.75 Å². The third-order valence-electron chi connectivity index (χ3n) is 5.91. The summed E-state index contributed by atoms with van der Waals surface area (Å²) >= 11 is 0. The van der Waals surface area contributed by atoms with Crippen LogP contribution in [0.15, 0.2) is 78.9 Å². The first-order valence-corrected chi connectivity index (χ1v) is 11.1. The molecule has 34 heavy (non-hydrogen) atoms. The third kappa shape index (κ3) is 4.15. The van der Waals surface area contributed by atoms with Crippen LogP contribution in [-0.4, -0.2) is 28.2 Å². The van der Waals surface area contributed by atoms with E-state index in [0.29, 0.717) is 18.0 Å². The Labute approximate surface area is 197 Å². The molecule has 0 spiro atoms. The summed E-state index contributed by atoms with van der Waals surface area (Å²) < 4.78 is 7.21. The van der Waals surface area contributed by atoms with E-state index in [1.54, 1.807) is 12.1 Å². The third-order valence-corrected chi connectivity index (χ3v) is 5.91. The summed E-state index contributed by atoms with van der Waals surface area (Å²) in [5.41, 5.74) is 10.9. The fourth-order valence-corrected chi connectivity index (χ4v) is 4.27. The van der Waals surface area contributed by atoms with E-state index in [2.05, 4.69) is 5.32 Å². The summed E-state index contributed by atoms with van der Waals surface area (Å²) in [7, 11) is 0. The molecule has 2 heterocycles. The first-order chi connectivity index (χ1) is 16.5. The Morgan fingerprint density at radius 2 is 1.76 bits per heavy atom. The number of amides is 2. The zero-order valence-corrected chi connectivity index (χ0v) is 18.7. The highest BCUT2D eigenvalue weighted by molar-refractivity contribution is 5.96. The van der Waals surface area contributed by atoms with Gasteiger partial charge >= 0.3 is 0 Å². The monoisotopic (exact) mass is 452 g/mol. The van der Waals surface area contributed by atoms with Crippen molar-refractivity contribution >= 4 is 17.6 Å². The summed E-state index contributed by atoms with van der Waals surface area (Å²) in [5, 5.41) is 8.03. The number of hydrogen-bond acceptors (Lipinski definition) is 4. The molecular formula is C27H24N4O3. The second-order valence-corrected chi connectivity index (χ2v) is 8.35. The van der Waals surface area contributed by atoms with Crippen molar-refractivity contribution in [2.45, 2.75) is 19.3 Å². The minimum Gasteiger partial charge on any atom is -0.484 e. The molecule has 0 aliphatic carbocycles. The molecule has 3 N–H and O–H groups in total. The molecule has 1 atom stereocenters. The Hall–Kier alpha value is -4.39. The summed E-state index contributed by atoms with van der Waals surface area (Å²) in [4.78, 5) is 23.8. The minimum absolute atomic E-state index is 0.0700. The van der Waals surface area contributed by atoms with Crippen LogP contribution in [0.25, 0.3) is 16.9 Å². The standard InChI is InChI=1S/C27H24N4O3/c1-17-7-11-20(12-8-17)31-27-25(26(30-31)19-5-3-2-4-6-19)22(15-24(33)29-27)18-9-13-21(14-10-18)34-16-23(28)32/h2-14,22H,15-16H2,1H3,(H2,28,32)(H,29,33). The molecule has 1 aromatic heterocycles. The number of primary amides is 1. The summed E-state index contributed by atoms with van der Waals surface area (Å²) in [5.74, 6) is 0.427. The lowest BCUT2D eigenvalue weighted by atomic mass is 9.84. The van der Waals surface area contributed by atoms with Gasteiger partial charge in [0.15, 0.2) is 6.61 Å². The summed E-state index contributed by atoms with van der Waals surface area (Å²) in [6.07, 6.45) is 0.300. The van der Waals surface area contributed by atoms with Gasteiger partial charge in [0, 0.05) is 23.5 Å². The Morgan fingerprint density at radius 3 is 2.44 bits per heavy atom. The molecule has 170 valence electrons. The lowest BCUT2D eigenvalue weighted by Crippen LogP contribution is -2.25. The number of fused-ring (bicyclic) bond motifs is 1. The number of carbonyl (C=O) groups is 2. The van der Waals surface area contributed by atoms with E-state index in [0.717, 1.165) is 33.6 Å². The fourth-order valence-electron chi connectivity index (χ4n) is 4.27. The van der Waals surface area contributed by atoms with Crippen LogP contribution >= 0.6 is 0 Å². The van der Waals surface area contributed by atoms with E-state index in [4.69, 9.17) is 15.6 Å². The lowest BCUT2D eigenvalue weighted by molar-refractivity contribution is -0.120. The van der Waals surface area contributed by atoms with Crippen molar-refractivity contribution in [2.75, 3.05) is 11.9 Å². The van der Waals surface area contributed by atoms with Crippen LogP contribution in [-0.2, 0) is 9.59 Å². The molecule has 0 saturated carbocycles. The number of carbonyl (C=O) groups excluding carboxylic acids is 2. The van der Waals surface area contributed by atoms with Gasteiger partial charge in [-0.25, -0.2) is 4.68 Å². The molecule has 0 saturated heterocycles. The first kappa shape index (κ1) is 21.5. The molecule has 1 unspecified atom stereocenters. The Balaban J connectivity index is 1.63. The Bertz CT molecular complexity index is 1340. The van der Waals surface area contributed by atoms with Crippen LogP contribution in [0.3, 0.4) is 0 Å². The van der Waals surface area contributed by atoms with Gasteiger partial charge in [-0.2, -0.15) is 5.10 Å². The quantitative estimate of drug-likeness (QED) is 0.458. The molecule has 7 nitrogen and oxygen atoms in total. The molecule has 0 bridgehead atoms. The number of aryl methyl sites for hydroxylation is 1. The number of ether oxygens (including phenoxy) is 1. The normalized spacial score (nSPS) is 14.9. The van der Waals surface area contributed by atoms with E-state index in [-0.39, 0.29) is 18.4 Å². The van der Waals surface area contributed by atoms with Crippen LogP contribution in [0.2, 0.25) is 0 Å². The van der Waals surface area contributed by atoms with Crippen molar-refractivity contribution in [3.8, 4) is 22.7 Å². The number of anilines is 1. The van der Waals surface area contributed by atoms with E-state index in [1.165, 1.54) is 0 Å². The van der Waals surface area contributed by atoms with E-state index in [1.807, 2.05) is 78.3 Å². The smallest absolute Gasteiger partial charge is 0.255 e. The number of benzene rings is 3. The molecule has 0 fully saturated rings. The highest BCUT2D eigenvalue weighted by Crippen LogP contribution is 2.44. The molecule has 0 radical (unpaired) electrons. The highest BCUT2D eigenvalue weighted by Gasteiger charge is 2.34. The number of aromatic nitrogens is 2. The number of rotatable bonds is 6. The SMILES string of the molecule is Cc1ccc(-n2nc(-c3ccccc3)c3c2NC(=O)CC3c2ccc(OCC(N)=O)cc2)cc1. The zero-order valence-electron chi connectivity index (χ0n) is 18.7. The largest absolute Gasteiger partial charge is 0.484 e. The van der Waals surface area contributed by atoms with E-state index < -0.39 is 5.91 Å². The predicted octanol–water partition coefficient (Wildman–Crippen LogP) is 4.19. The number of hydrogen-bond donors (Lipinski definition) is 2. The van der Waals surface area contributed by atoms with Gasteiger partial charge in [0.2, 0.25) is 5.91 Å². The number of nitrogens with zero attached hydrogens (tertiary/aromatic N) is 2. The first-order valence-electron chi connectivity index (χ1n) is 11.1. The van der Waals surface area contributed by atoms with Gasteiger partial charge in [-0.15, -0.1) is 0 Å². The summed E-state index contributed by atoms with van der Waals surface area (Å²) in [6.45, 7) is 1.85. The second kappa shape index (κ2) is 8.86. The summed E-state index contributed by atoms with van der Waals surface area (Å²) in [6, 6.07) is 25.4. The minimum atomic E-state index is -0.534. The van der Waals surface area contributed by atoms with Gasteiger partial charge < -0.3 is 15.8 Å². The van der Waals surface area contributed by atoms with Crippen LogP contribution in [0.1, 0.15) is 29.0 Å². The molecule has 4 aromatic rings. The molecule has 1 aliphatic rings. The van der Waals surface area contributed by atoms with Gasteiger partial charge in [-0.3, -0.25) is 9.59 Å². The van der Waals surface area contributed by atoms with Crippen molar-refractivity contribution < 1.29 is 14.3 Å². The molecule has 7 heteroatoms. The van der Waals surface area contributed by atoms with Gasteiger partial charge in [-0.1, -0.05) is 60.2 Å². The maximum atomic E-state index is 12.8. The van der Waals surface area contributed by atoms with Gasteiger partial charge in [0.25, 0.3) is 5.91 Å². The maximum absolute atomic E-state index is 12.8. The molecule has 5 rings (SSSR count). The topological polar surface area (TPSA) is 99.2 Å². The van der Waals surface area contributed by atoms with E-state index >= 15 is 0 Å². The number of nitrogens with two attached hydrogens (primary N) is 1. The van der Waals surface area contributed by atoms with E-state index in [9.17, 15) is 9.59 Å². The van der Waals surface area contributed by atoms with Crippen molar-refractivity contribution in [1.29, 1.82) is 0 Å². The Kier molecular flexibility index (Phi) is 5.59. The predicted molar refractivity (Wildman–Crippen MR) is 130 cm³/mol. The average molecular weight is 453 g/mol. The van der Waals surface area contributed by atoms with Crippen LogP contribution < -0.4 is 15.8 Å². The van der Waals surface area contributed by atoms with Crippen molar-refractivity contribution in [3.05, 3.63) is 95.6 Å². The Morgan fingerprint density at radius 1 is 1.06 bits per heavy atom. The zero-order chi connectivity index (χ0) is 23.7. The molecule has 2 amide bonds. The average Bonchev–Trinajstić information content (AvgIpc) is 3.23. The fraction of sp³-hybridized carbons (Fsp3) is 0.148. The van der Waals surface area contributed by atoms with Crippen molar-refractivity contribution in [3.63, 3.8) is 0 Å². The van der Waals surface area contributed by atoms with Crippen LogP contribution in [0.4, 0.5) is 5.82 Å². The van der Waals surface area contributed by atoms with Gasteiger partial charge in [0.1, 0.15) is 11.6 Å². The molecular weight excluding hydrogens is 428 g/mol. The lowest BCUT2D eigenvalue weighted by Gasteiger charge is -2.25. The van der Waals surface area contributed by atoms with Gasteiger partial charge in [0.05, 0.1) is 11.4 Å². The highest BCUT2D eigenvalue weighted by atomic mass is 16.5. The van der Waals surface area contributed by atoms with Crippen LogP contribution in [0, 0.1) is 6.92 Å². The number of nitrogens with one attached hydrogen (secondary N) is 1. The second-order valence-electron chi connectivity index (χ2n) is 8.35.